The highest BCUT2D eigenvalue weighted by atomic mass is 16.9. The molecule has 2 N–H and O–H groups in total. The number of carbonyl (C=O) groups is 2. The lowest BCUT2D eigenvalue weighted by atomic mass is 10.0. The van der Waals surface area contributed by atoms with E-state index in [2.05, 4.69) is 17.1 Å². The summed E-state index contributed by atoms with van der Waals surface area (Å²) < 4.78 is 37.0. The number of morpholine rings is 1. The number of carboxylic acid groups (broad SMARTS) is 1. The molecule has 3 aliphatic rings. The van der Waals surface area contributed by atoms with E-state index in [1.54, 1.807) is 24.3 Å². The lowest BCUT2D eigenvalue weighted by Gasteiger charge is -2.33. The second kappa shape index (κ2) is 17.6. The van der Waals surface area contributed by atoms with E-state index in [9.17, 15) is 9.59 Å². The number of nitrogens with one attached hydrogen (secondary N) is 1. The molecule has 3 aliphatic heterocycles. The zero-order chi connectivity index (χ0) is 32.1. The third-order valence-corrected chi connectivity index (χ3v) is 8.56. The fourth-order valence-electron chi connectivity index (χ4n) is 6.34. The lowest BCUT2D eigenvalue weighted by molar-refractivity contribution is -0.279. The van der Waals surface area contributed by atoms with Crippen LogP contribution in [0.4, 0.5) is 10.5 Å². The Hall–Kier alpha value is -2.28. The monoisotopic (exact) mass is 634 g/mol. The van der Waals surface area contributed by atoms with Gasteiger partial charge in [-0.2, -0.15) is 0 Å². The van der Waals surface area contributed by atoms with Gasteiger partial charge in [0.25, 0.3) is 0 Å². The van der Waals surface area contributed by atoms with Gasteiger partial charge in [-0.15, -0.1) is 0 Å². The Balaban J connectivity index is 1.33. The summed E-state index contributed by atoms with van der Waals surface area (Å²) in [6.07, 6.45) is 9.84. The van der Waals surface area contributed by atoms with Crippen LogP contribution in [0.25, 0.3) is 0 Å². The van der Waals surface area contributed by atoms with Crippen molar-refractivity contribution in [1.29, 1.82) is 0 Å². The number of hydrogen-bond donors (Lipinski definition) is 2. The Kier molecular flexibility index (Phi) is 13.9. The van der Waals surface area contributed by atoms with E-state index in [-0.39, 0.29) is 13.0 Å². The van der Waals surface area contributed by atoms with Crippen molar-refractivity contribution >= 4 is 17.7 Å². The molecule has 3 saturated heterocycles. The number of unbranched alkanes of at least 4 members (excludes halogenated alkanes) is 9. The van der Waals surface area contributed by atoms with Crippen molar-refractivity contribution in [2.45, 2.75) is 121 Å². The normalized spacial score (nSPS) is 26.1. The largest absolute Gasteiger partial charge is 0.481 e. The number of hydrogen-bond acceptors (Lipinski definition) is 9. The van der Waals surface area contributed by atoms with Crippen LogP contribution in [0.1, 0.15) is 90.5 Å². The molecule has 0 bridgehead atoms. The van der Waals surface area contributed by atoms with Crippen LogP contribution in [0.15, 0.2) is 24.3 Å². The standard InChI is InChI=1S/C34H54N2O9/c1-4-5-6-7-8-9-10-11-12-13-20-41-25-34-31(44-33(2,3)45-34)30(28(43-34)24-36-18-21-40-22-19-36)42-32(39)35-27-16-14-26(15-17-27)23-29(37)38/h14-17,28,30-31H,4-13,18-25H2,1-3H3,(H,35,39)(H,37,38)/t28-,30+,31-,34-/m0/s1. The number of aliphatic carboxylic acids is 1. The molecule has 1 aromatic rings. The van der Waals surface area contributed by atoms with E-state index < -0.39 is 41.9 Å². The summed E-state index contributed by atoms with van der Waals surface area (Å²) in [6.45, 7) is 9.95. The zero-order valence-corrected chi connectivity index (χ0v) is 27.4. The van der Waals surface area contributed by atoms with Crippen molar-refractivity contribution in [1.82, 2.24) is 4.90 Å². The molecule has 0 aromatic heterocycles. The van der Waals surface area contributed by atoms with Crippen LogP contribution in [0.5, 0.6) is 0 Å². The number of anilines is 1. The van der Waals surface area contributed by atoms with E-state index in [0.717, 1.165) is 25.9 Å². The van der Waals surface area contributed by atoms with Crippen molar-refractivity contribution in [2.75, 3.05) is 51.4 Å². The van der Waals surface area contributed by atoms with Crippen LogP contribution in [0.3, 0.4) is 0 Å². The summed E-state index contributed by atoms with van der Waals surface area (Å²) in [6, 6.07) is 6.63. The fourth-order valence-corrected chi connectivity index (χ4v) is 6.34. The Bertz CT molecular complexity index is 1050. The molecule has 3 fully saturated rings. The second-order valence-electron chi connectivity index (χ2n) is 12.9. The predicted molar refractivity (Wildman–Crippen MR) is 169 cm³/mol. The van der Waals surface area contributed by atoms with Crippen LogP contribution in [0.2, 0.25) is 0 Å². The molecule has 0 aliphatic carbocycles. The smallest absolute Gasteiger partial charge is 0.412 e. The van der Waals surface area contributed by atoms with Crippen molar-refractivity contribution in [2.24, 2.45) is 0 Å². The minimum atomic E-state index is -1.21. The minimum Gasteiger partial charge on any atom is -0.481 e. The SMILES string of the molecule is CCCCCCCCCCCCOC[C@@]12O[C@@H](CN3CCOCC3)[C@@H](OC(=O)Nc3ccc(CC(=O)O)cc3)[C@@H]1OC(C)(C)O2. The number of carboxylic acids is 1. The van der Waals surface area contributed by atoms with Crippen molar-refractivity contribution in [3.63, 3.8) is 0 Å². The highest BCUT2D eigenvalue weighted by Crippen LogP contribution is 2.47. The molecule has 4 atom stereocenters. The van der Waals surface area contributed by atoms with Crippen LogP contribution in [-0.2, 0) is 39.6 Å². The Labute approximate surface area is 268 Å². The topological polar surface area (TPSA) is 125 Å². The second-order valence-corrected chi connectivity index (χ2v) is 12.9. The Morgan fingerprint density at radius 3 is 2.24 bits per heavy atom. The maximum absolute atomic E-state index is 13.2. The summed E-state index contributed by atoms with van der Waals surface area (Å²) >= 11 is 0. The molecule has 1 aromatic carbocycles. The van der Waals surface area contributed by atoms with Gasteiger partial charge in [-0.1, -0.05) is 76.8 Å². The predicted octanol–water partition coefficient (Wildman–Crippen LogP) is 5.75. The van der Waals surface area contributed by atoms with Gasteiger partial charge < -0.3 is 33.5 Å². The molecule has 0 saturated carbocycles. The average molecular weight is 635 g/mol. The number of benzene rings is 1. The molecule has 3 heterocycles. The van der Waals surface area contributed by atoms with Gasteiger partial charge in [0.1, 0.15) is 12.7 Å². The molecular formula is C34H54N2O9. The van der Waals surface area contributed by atoms with Crippen molar-refractivity contribution < 1.29 is 43.1 Å². The fraction of sp³-hybridized carbons (Fsp3) is 0.765. The molecule has 0 radical (unpaired) electrons. The first-order chi connectivity index (χ1) is 21.7. The highest BCUT2D eigenvalue weighted by molar-refractivity contribution is 5.85. The first-order valence-electron chi connectivity index (χ1n) is 16.9. The average Bonchev–Trinajstić information content (AvgIpc) is 3.40. The Morgan fingerprint density at radius 2 is 1.60 bits per heavy atom. The van der Waals surface area contributed by atoms with Gasteiger partial charge in [0.15, 0.2) is 18.0 Å². The summed E-state index contributed by atoms with van der Waals surface area (Å²) in [5.41, 5.74) is 1.13. The van der Waals surface area contributed by atoms with Crippen LogP contribution in [0, 0.1) is 0 Å². The van der Waals surface area contributed by atoms with Crippen LogP contribution >= 0.6 is 0 Å². The molecular weight excluding hydrogens is 580 g/mol. The number of amides is 1. The molecule has 1 amide bonds. The van der Waals surface area contributed by atoms with E-state index in [1.165, 1.54) is 51.4 Å². The number of nitrogens with zero attached hydrogens (tertiary/aromatic N) is 1. The number of rotatable bonds is 19. The van der Waals surface area contributed by atoms with E-state index in [1.807, 2.05) is 13.8 Å². The molecule has 11 nitrogen and oxygen atoms in total. The number of fused-ring (bicyclic) bond motifs is 1. The van der Waals surface area contributed by atoms with Crippen molar-refractivity contribution in [3.05, 3.63) is 29.8 Å². The van der Waals surface area contributed by atoms with Gasteiger partial charge >= 0.3 is 12.1 Å². The third-order valence-electron chi connectivity index (χ3n) is 8.56. The zero-order valence-electron chi connectivity index (χ0n) is 27.4. The number of carbonyl (C=O) groups excluding carboxylic acids is 1. The van der Waals surface area contributed by atoms with Gasteiger partial charge in [0, 0.05) is 31.9 Å². The van der Waals surface area contributed by atoms with E-state index in [0.29, 0.717) is 37.6 Å². The van der Waals surface area contributed by atoms with Crippen LogP contribution < -0.4 is 5.32 Å². The summed E-state index contributed by atoms with van der Waals surface area (Å²) in [5.74, 6) is -3.07. The van der Waals surface area contributed by atoms with E-state index >= 15 is 0 Å². The molecule has 0 unspecified atom stereocenters. The maximum atomic E-state index is 13.2. The third kappa shape index (κ3) is 11.2. The lowest BCUT2D eigenvalue weighted by Crippen LogP contribution is -2.47. The minimum absolute atomic E-state index is 0.0918. The van der Waals surface area contributed by atoms with Gasteiger partial charge in [-0.05, 0) is 38.0 Å². The Morgan fingerprint density at radius 1 is 0.956 bits per heavy atom. The molecule has 11 heteroatoms. The molecule has 4 rings (SSSR count). The van der Waals surface area contributed by atoms with Crippen molar-refractivity contribution in [3.8, 4) is 0 Å². The van der Waals surface area contributed by atoms with Gasteiger partial charge in [-0.25, -0.2) is 4.79 Å². The van der Waals surface area contributed by atoms with Gasteiger partial charge in [0.05, 0.1) is 19.6 Å². The summed E-state index contributed by atoms with van der Waals surface area (Å²) in [7, 11) is 0. The van der Waals surface area contributed by atoms with Crippen LogP contribution in [-0.4, -0.2) is 98.0 Å². The molecule has 0 spiro atoms. The first-order valence-corrected chi connectivity index (χ1v) is 16.9. The molecule has 45 heavy (non-hydrogen) atoms. The summed E-state index contributed by atoms with van der Waals surface area (Å²) in [5, 5.41) is 11.8. The van der Waals surface area contributed by atoms with Gasteiger partial charge in [-0.3, -0.25) is 15.0 Å². The van der Waals surface area contributed by atoms with Gasteiger partial charge in [0.2, 0.25) is 5.79 Å². The van der Waals surface area contributed by atoms with E-state index in [4.69, 9.17) is 33.5 Å². The quantitative estimate of drug-likeness (QED) is 0.182. The molecule has 254 valence electrons. The summed E-state index contributed by atoms with van der Waals surface area (Å²) in [4.78, 5) is 26.4. The highest BCUT2D eigenvalue weighted by Gasteiger charge is 2.66. The first kappa shape index (κ1) is 35.6. The maximum Gasteiger partial charge on any atom is 0.412 e. The number of ether oxygens (including phenoxy) is 6.